The van der Waals surface area contributed by atoms with Crippen LogP contribution in [0.4, 0.5) is 10.5 Å². The van der Waals surface area contributed by atoms with Gasteiger partial charge in [0.2, 0.25) is 0 Å². The van der Waals surface area contributed by atoms with Gasteiger partial charge in [0.1, 0.15) is 17.0 Å². The van der Waals surface area contributed by atoms with Gasteiger partial charge in [0.05, 0.1) is 12.2 Å². The third kappa shape index (κ3) is 3.87. The first-order valence-corrected chi connectivity index (χ1v) is 10.4. The predicted octanol–water partition coefficient (Wildman–Crippen LogP) is 5.43. The molecule has 1 aliphatic rings. The molecule has 1 fully saturated rings. The van der Waals surface area contributed by atoms with Crippen LogP contribution in [0.3, 0.4) is 0 Å². The summed E-state index contributed by atoms with van der Waals surface area (Å²) in [6.45, 7) is 5.15. The monoisotopic (exact) mass is 428 g/mol. The molecular weight excluding hydrogens is 404 g/mol. The third-order valence-corrected chi connectivity index (χ3v) is 5.63. The van der Waals surface area contributed by atoms with Crippen LogP contribution in [0.1, 0.15) is 36.7 Å². The number of rotatable bonds is 6. The van der Waals surface area contributed by atoms with Gasteiger partial charge in [0, 0.05) is 11.1 Å². The number of imide groups is 1. The molecule has 32 heavy (non-hydrogen) atoms. The van der Waals surface area contributed by atoms with E-state index in [4.69, 9.17) is 4.74 Å². The summed E-state index contributed by atoms with van der Waals surface area (Å²) in [5.74, 6) is 0.918. The Bertz CT molecular complexity index is 1170. The first-order chi connectivity index (χ1) is 15.3. The Morgan fingerprint density at radius 3 is 2.16 bits per heavy atom. The average molecular weight is 428 g/mol. The van der Waals surface area contributed by atoms with Gasteiger partial charge in [-0.05, 0) is 63.2 Å². The number of Topliss-reactive ketones (excluding diaryl/α,β-unsaturated/α-hetero) is 1. The van der Waals surface area contributed by atoms with Gasteiger partial charge >= 0.3 is 6.03 Å². The molecule has 6 nitrogen and oxygen atoms in total. The number of nitrogens with zero attached hydrogens (tertiary/aromatic N) is 2. The molecule has 1 saturated heterocycles. The molecule has 0 bridgehead atoms. The maximum absolute atomic E-state index is 13.3. The summed E-state index contributed by atoms with van der Waals surface area (Å²) < 4.78 is 6.03. The fourth-order valence-electron chi connectivity index (χ4n) is 3.69. The molecule has 0 radical (unpaired) electrons. The van der Waals surface area contributed by atoms with Crippen molar-refractivity contribution in [1.82, 2.24) is 4.90 Å². The van der Waals surface area contributed by atoms with E-state index in [0.29, 0.717) is 22.7 Å². The van der Waals surface area contributed by atoms with E-state index >= 15 is 0 Å². The number of hydrogen-bond acceptors (Lipinski definition) is 4. The molecule has 0 aromatic heterocycles. The number of ketones is 1. The maximum atomic E-state index is 13.3. The van der Waals surface area contributed by atoms with Gasteiger partial charge < -0.3 is 9.64 Å². The van der Waals surface area contributed by atoms with Crippen molar-refractivity contribution in [3.8, 4) is 11.5 Å². The SMILES string of the molecule is CC(=O)c1ccc(N2C(=O)N(Cc3ccccc3Oc3ccccc3)C(C)(C)C2=O)cc1. The molecule has 162 valence electrons. The average Bonchev–Trinajstić information content (AvgIpc) is 2.95. The summed E-state index contributed by atoms with van der Waals surface area (Å²) in [6, 6.07) is 23.0. The molecule has 0 aliphatic carbocycles. The second kappa shape index (κ2) is 8.30. The van der Waals surface area contributed by atoms with E-state index in [9.17, 15) is 14.4 Å². The molecule has 0 unspecified atom stereocenters. The standard InChI is InChI=1S/C26H24N2O4/c1-18(29)19-13-15-21(16-14-19)28-24(30)26(2,3)27(25(28)31)17-20-9-7-8-12-23(20)32-22-10-5-4-6-11-22/h4-16H,17H2,1-3H3. The largest absolute Gasteiger partial charge is 0.457 e. The first-order valence-electron chi connectivity index (χ1n) is 10.4. The van der Waals surface area contributed by atoms with Gasteiger partial charge in [0.25, 0.3) is 5.91 Å². The summed E-state index contributed by atoms with van der Waals surface area (Å²) in [7, 11) is 0. The molecule has 3 aromatic rings. The van der Waals surface area contributed by atoms with Crippen LogP contribution in [0.5, 0.6) is 11.5 Å². The number of benzene rings is 3. The number of para-hydroxylation sites is 2. The topological polar surface area (TPSA) is 66.9 Å². The van der Waals surface area contributed by atoms with Crippen molar-refractivity contribution in [3.05, 3.63) is 90.0 Å². The van der Waals surface area contributed by atoms with E-state index in [1.54, 1.807) is 43.0 Å². The summed E-state index contributed by atoms with van der Waals surface area (Å²) >= 11 is 0. The Morgan fingerprint density at radius 2 is 1.50 bits per heavy atom. The van der Waals surface area contributed by atoms with Crippen LogP contribution >= 0.6 is 0 Å². The fraction of sp³-hybridized carbons (Fsp3) is 0.192. The molecule has 0 atom stereocenters. The van der Waals surface area contributed by atoms with Crippen molar-refractivity contribution in [1.29, 1.82) is 0 Å². The number of urea groups is 1. The Hall–Kier alpha value is -3.93. The van der Waals surface area contributed by atoms with Crippen LogP contribution < -0.4 is 9.64 Å². The summed E-state index contributed by atoms with van der Waals surface area (Å²) in [6.07, 6.45) is 0. The molecule has 1 aliphatic heterocycles. The van der Waals surface area contributed by atoms with Gasteiger partial charge in [-0.2, -0.15) is 0 Å². The second-order valence-electron chi connectivity index (χ2n) is 8.19. The second-order valence-corrected chi connectivity index (χ2v) is 8.19. The minimum Gasteiger partial charge on any atom is -0.457 e. The van der Waals surface area contributed by atoms with Crippen molar-refractivity contribution < 1.29 is 19.1 Å². The lowest BCUT2D eigenvalue weighted by molar-refractivity contribution is -0.123. The fourth-order valence-corrected chi connectivity index (χ4v) is 3.69. The van der Waals surface area contributed by atoms with Crippen molar-refractivity contribution in [2.75, 3.05) is 4.90 Å². The minimum absolute atomic E-state index is 0.0763. The predicted molar refractivity (Wildman–Crippen MR) is 122 cm³/mol. The van der Waals surface area contributed by atoms with E-state index in [1.807, 2.05) is 54.6 Å². The first kappa shape index (κ1) is 21.3. The normalized spacial score (nSPS) is 15.2. The zero-order chi connectivity index (χ0) is 22.9. The van der Waals surface area contributed by atoms with E-state index in [1.165, 1.54) is 11.8 Å². The molecule has 6 heteroatoms. The summed E-state index contributed by atoms with van der Waals surface area (Å²) in [5.41, 5.74) is 0.709. The molecule has 3 aromatic carbocycles. The van der Waals surface area contributed by atoms with Crippen molar-refractivity contribution in [2.45, 2.75) is 32.9 Å². The third-order valence-electron chi connectivity index (χ3n) is 5.63. The van der Waals surface area contributed by atoms with Crippen LogP contribution in [0.25, 0.3) is 0 Å². The molecule has 4 rings (SSSR count). The number of amides is 3. The van der Waals surface area contributed by atoms with Crippen molar-refractivity contribution in [3.63, 3.8) is 0 Å². The van der Waals surface area contributed by atoms with Crippen LogP contribution in [-0.2, 0) is 11.3 Å². The smallest absolute Gasteiger partial charge is 0.332 e. The highest BCUT2D eigenvalue weighted by molar-refractivity contribution is 6.23. The number of hydrogen-bond donors (Lipinski definition) is 0. The Balaban J connectivity index is 1.63. The highest BCUT2D eigenvalue weighted by Gasteiger charge is 2.51. The quantitative estimate of drug-likeness (QED) is 0.388. The zero-order valence-electron chi connectivity index (χ0n) is 18.2. The van der Waals surface area contributed by atoms with Crippen LogP contribution in [-0.4, -0.2) is 28.2 Å². The maximum Gasteiger partial charge on any atom is 0.332 e. The highest BCUT2D eigenvalue weighted by atomic mass is 16.5. The van der Waals surface area contributed by atoms with Crippen LogP contribution in [0, 0.1) is 0 Å². The number of carbonyl (C=O) groups excluding carboxylic acids is 3. The van der Waals surface area contributed by atoms with E-state index in [-0.39, 0.29) is 18.2 Å². The lowest BCUT2D eigenvalue weighted by Crippen LogP contribution is -2.43. The summed E-state index contributed by atoms with van der Waals surface area (Å²) in [5, 5.41) is 0. The van der Waals surface area contributed by atoms with Gasteiger partial charge in [-0.3, -0.25) is 9.59 Å². The molecular formula is C26H24N2O4. The van der Waals surface area contributed by atoms with Gasteiger partial charge in [-0.25, -0.2) is 9.69 Å². The van der Waals surface area contributed by atoms with Crippen molar-refractivity contribution >= 4 is 23.4 Å². The van der Waals surface area contributed by atoms with E-state index in [2.05, 4.69) is 0 Å². The lowest BCUT2D eigenvalue weighted by atomic mass is 10.0. The summed E-state index contributed by atoms with van der Waals surface area (Å²) in [4.78, 5) is 40.8. The Kier molecular flexibility index (Phi) is 5.53. The molecule has 0 spiro atoms. The van der Waals surface area contributed by atoms with Crippen molar-refractivity contribution in [2.24, 2.45) is 0 Å². The number of ether oxygens (including phenoxy) is 1. The van der Waals surface area contributed by atoms with Gasteiger partial charge in [-0.1, -0.05) is 36.4 Å². The minimum atomic E-state index is -1.05. The van der Waals surface area contributed by atoms with Crippen LogP contribution in [0.2, 0.25) is 0 Å². The number of anilines is 1. The highest BCUT2D eigenvalue weighted by Crippen LogP contribution is 2.35. The van der Waals surface area contributed by atoms with Gasteiger partial charge in [-0.15, -0.1) is 0 Å². The molecule has 1 heterocycles. The van der Waals surface area contributed by atoms with Crippen LogP contribution in [0.15, 0.2) is 78.9 Å². The number of carbonyl (C=O) groups is 3. The molecule has 0 saturated carbocycles. The molecule has 3 amide bonds. The van der Waals surface area contributed by atoms with E-state index < -0.39 is 11.6 Å². The van der Waals surface area contributed by atoms with Gasteiger partial charge in [0.15, 0.2) is 5.78 Å². The Morgan fingerprint density at radius 1 is 0.875 bits per heavy atom. The lowest BCUT2D eigenvalue weighted by Gasteiger charge is -2.28. The van der Waals surface area contributed by atoms with E-state index in [0.717, 1.165) is 5.56 Å². The Labute approximate surface area is 187 Å². The zero-order valence-corrected chi connectivity index (χ0v) is 18.2. The molecule has 0 N–H and O–H groups in total.